The van der Waals surface area contributed by atoms with Crippen LogP contribution in [0.5, 0.6) is 0 Å². The van der Waals surface area contributed by atoms with E-state index in [2.05, 4.69) is 12.2 Å². The molecule has 70 valence electrons. The summed E-state index contributed by atoms with van der Waals surface area (Å²) in [6.07, 6.45) is 3.94. The van der Waals surface area contributed by atoms with Gasteiger partial charge in [-0.25, -0.2) is 9.36 Å². The Kier molecular flexibility index (Phi) is 3.25. The molecule has 3 N–H and O–H groups in total. The van der Waals surface area contributed by atoms with Crippen molar-refractivity contribution in [3.05, 3.63) is 30.1 Å². The number of nitrogens with zero attached hydrogens (tertiary/aromatic N) is 1. The molecule has 13 heavy (non-hydrogen) atoms. The van der Waals surface area contributed by atoms with Crippen LogP contribution in [-0.2, 0) is 13.1 Å². The smallest absolute Gasteiger partial charge is 0.312 e. The first-order chi connectivity index (χ1) is 6.22. The molecule has 0 atom stereocenters. The molecular formula is C9H14N3O+. The highest BCUT2D eigenvalue weighted by molar-refractivity contribution is 5.71. The van der Waals surface area contributed by atoms with E-state index in [1.165, 1.54) is 0 Å². The molecule has 1 heterocycles. The van der Waals surface area contributed by atoms with Crippen LogP contribution < -0.4 is 15.6 Å². The highest BCUT2D eigenvalue weighted by Crippen LogP contribution is 1.93. The number of hydrogen-bond acceptors (Lipinski definition) is 1. The van der Waals surface area contributed by atoms with Crippen LogP contribution in [0.15, 0.2) is 24.5 Å². The van der Waals surface area contributed by atoms with Gasteiger partial charge >= 0.3 is 6.03 Å². The lowest BCUT2D eigenvalue weighted by atomic mass is 10.2. The quantitative estimate of drug-likeness (QED) is 0.640. The van der Waals surface area contributed by atoms with E-state index in [-0.39, 0.29) is 0 Å². The van der Waals surface area contributed by atoms with Crippen molar-refractivity contribution in [2.75, 3.05) is 0 Å². The van der Waals surface area contributed by atoms with Crippen molar-refractivity contribution in [3.63, 3.8) is 0 Å². The lowest BCUT2D eigenvalue weighted by Gasteiger charge is -2.00. The lowest BCUT2D eigenvalue weighted by Crippen LogP contribution is -2.32. The number of nitrogens with two attached hydrogens (primary N) is 1. The zero-order valence-corrected chi connectivity index (χ0v) is 7.66. The maximum Gasteiger partial charge on any atom is 0.312 e. The van der Waals surface area contributed by atoms with E-state index in [1.807, 2.05) is 29.1 Å². The highest BCUT2D eigenvalue weighted by Gasteiger charge is 1.98. The fourth-order valence-electron chi connectivity index (χ4n) is 1.01. The van der Waals surface area contributed by atoms with Crippen LogP contribution in [0.25, 0.3) is 0 Å². The van der Waals surface area contributed by atoms with Crippen LogP contribution in [0.3, 0.4) is 0 Å². The minimum absolute atomic E-state index is 0.486. The molecule has 0 aliphatic rings. The van der Waals surface area contributed by atoms with E-state index < -0.39 is 6.03 Å². The van der Waals surface area contributed by atoms with Crippen LogP contribution in [-0.4, -0.2) is 6.03 Å². The van der Waals surface area contributed by atoms with Crippen LogP contribution in [0, 0.1) is 0 Å². The van der Waals surface area contributed by atoms with Gasteiger partial charge in [-0.1, -0.05) is 0 Å². The molecule has 1 aromatic rings. The number of aromatic nitrogens is 1. The maximum atomic E-state index is 10.4. The summed E-state index contributed by atoms with van der Waals surface area (Å²) in [5, 5.41) is 2.53. The van der Waals surface area contributed by atoms with E-state index in [4.69, 9.17) is 5.73 Å². The Morgan fingerprint density at radius 3 is 2.62 bits per heavy atom. The SMILES string of the molecule is CC[n+]1ccc(CNC(N)=O)cc1. The Morgan fingerprint density at radius 1 is 1.54 bits per heavy atom. The molecule has 4 heteroatoms. The minimum Gasteiger partial charge on any atom is -0.352 e. The average molecular weight is 180 g/mol. The largest absolute Gasteiger partial charge is 0.352 e. The molecule has 0 bridgehead atoms. The Balaban J connectivity index is 2.54. The average Bonchev–Trinajstić information content (AvgIpc) is 2.15. The number of pyridine rings is 1. The summed E-state index contributed by atoms with van der Waals surface area (Å²) in [6, 6.07) is 3.42. The predicted molar refractivity (Wildman–Crippen MR) is 48.7 cm³/mol. The number of carbonyl (C=O) groups is 1. The molecule has 2 amide bonds. The monoisotopic (exact) mass is 180 g/mol. The summed E-state index contributed by atoms with van der Waals surface area (Å²) in [4.78, 5) is 10.4. The molecular weight excluding hydrogens is 166 g/mol. The van der Waals surface area contributed by atoms with E-state index >= 15 is 0 Å². The van der Waals surface area contributed by atoms with Crippen LogP contribution in [0.1, 0.15) is 12.5 Å². The van der Waals surface area contributed by atoms with Gasteiger partial charge in [0.05, 0.1) is 0 Å². The van der Waals surface area contributed by atoms with Gasteiger partial charge in [0.25, 0.3) is 0 Å². The predicted octanol–water partition coefficient (Wildman–Crippen LogP) is 0.162. The zero-order valence-electron chi connectivity index (χ0n) is 7.66. The van der Waals surface area contributed by atoms with E-state index in [0.29, 0.717) is 6.54 Å². The van der Waals surface area contributed by atoms with Crippen molar-refractivity contribution >= 4 is 6.03 Å². The summed E-state index contributed by atoms with van der Waals surface area (Å²) in [5.41, 5.74) is 5.99. The number of nitrogens with one attached hydrogen (secondary N) is 1. The third-order valence-electron chi connectivity index (χ3n) is 1.79. The minimum atomic E-state index is -0.493. The van der Waals surface area contributed by atoms with Crippen molar-refractivity contribution in [2.24, 2.45) is 5.73 Å². The number of urea groups is 1. The first-order valence-electron chi connectivity index (χ1n) is 4.23. The van der Waals surface area contributed by atoms with Gasteiger partial charge in [-0.3, -0.25) is 0 Å². The standard InChI is InChI=1S/C9H13N3O/c1-2-12-5-3-8(4-6-12)7-11-9(10)13/h3-6H,2,7H2,1H3,(H2-,10,11,13)/p+1. The number of rotatable bonds is 3. The van der Waals surface area contributed by atoms with Crippen molar-refractivity contribution in [2.45, 2.75) is 20.0 Å². The lowest BCUT2D eigenvalue weighted by molar-refractivity contribution is -0.693. The van der Waals surface area contributed by atoms with Crippen molar-refractivity contribution in [1.82, 2.24) is 5.32 Å². The van der Waals surface area contributed by atoms with Crippen LogP contribution in [0.2, 0.25) is 0 Å². The second kappa shape index (κ2) is 4.45. The molecule has 0 fully saturated rings. The van der Waals surface area contributed by atoms with Gasteiger partial charge in [0.2, 0.25) is 0 Å². The van der Waals surface area contributed by atoms with Gasteiger partial charge in [0, 0.05) is 18.7 Å². The molecule has 0 aromatic carbocycles. The molecule has 0 spiro atoms. The summed E-state index contributed by atoms with van der Waals surface area (Å²) in [6.45, 7) is 3.50. The number of carbonyl (C=O) groups excluding carboxylic acids is 1. The van der Waals surface area contributed by atoms with Crippen molar-refractivity contribution in [3.8, 4) is 0 Å². The van der Waals surface area contributed by atoms with Gasteiger partial charge < -0.3 is 11.1 Å². The third kappa shape index (κ3) is 3.11. The van der Waals surface area contributed by atoms with Crippen molar-refractivity contribution < 1.29 is 9.36 Å². The molecule has 0 aliphatic heterocycles. The van der Waals surface area contributed by atoms with Gasteiger partial charge in [-0.15, -0.1) is 0 Å². The fourth-order valence-corrected chi connectivity index (χ4v) is 1.01. The van der Waals surface area contributed by atoms with Gasteiger partial charge in [0.15, 0.2) is 12.4 Å². The Bertz CT molecular complexity index is 281. The third-order valence-corrected chi connectivity index (χ3v) is 1.79. The molecule has 1 rings (SSSR count). The van der Waals surface area contributed by atoms with E-state index in [0.717, 1.165) is 12.1 Å². The van der Waals surface area contributed by atoms with Crippen LogP contribution in [0.4, 0.5) is 4.79 Å². The molecule has 4 nitrogen and oxygen atoms in total. The highest BCUT2D eigenvalue weighted by atomic mass is 16.2. The van der Waals surface area contributed by atoms with Crippen molar-refractivity contribution in [1.29, 1.82) is 0 Å². The summed E-state index contributed by atoms with van der Waals surface area (Å²) in [7, 11) is 0. The van der Waals surface area contributed by atoms with Gasteiger partial charge in [0.1, 0.15) is 6.54 Å². The second-order valence-electron chi connectivity index (χ2n) is 2.75. The number of primary amides is 1. The number of aryl methyl sites for hydroxylation is 1. The first-order valence-corrected chi connectivity index (χ1v) is 4.23. The molecule has 0 aliphatic carbocycles. The normalized spacial score (nSPS) is 9.62. The molecule has 0 saturated heterocycles. The Hall–Kier alpha value is -1.58. The maximum absolute atomic E-state index is 10.4. The Morgan fingerprint density at radius 2 is 2.15 bits per heavy atom. The molecule has 0 unspecified atom stereocenters. The molecule has 0 radical (unpaired) electrons. The van der Waals surface area contributed by atoms with Crippen LogP contribution >= 0.6 is 0 Å². The topological polar surface area (TPSA) is 59.0 Å². The summed E-state index contributed by atoms with van der Waals surface area (Å²) in [5.74, 6) is 0. The van der Waals surface area contributed by atoms with E-state index in [1.54, 1.807) is 0 Å². The van der Waals surface area contributed by atoms with Gasteiger partial charge in [-0.05, 0) is 12.5 Å². The zero-order chi connectivity index (χ0) is 9.68. The number of hydrogen-bond donors (Lipinski definition) is 2. The van der Waals surface area contributed by atoms with E-state index in [9.17, 15) is 4.79 Å². The van der Waals surface area contributed by atoms with Gasteiger partial charge in [-0.2, -0.15) is 0 Å². The molecule has 0 saturated carbocycles. The first kappa shape index (κ1) is 9.51. The molecule has 1 aromatic heterocycles. The number of amides is 2. The Labute approximate surface area is 77.4 Å². The summed E-state index contributed by atoms with van der Waals surface area (Å²) >= 11 is 0. The summed E-state index contributed by atoms with van der Waals surface area (Å²) < 4.78 is 2.05. The second-order valence-corrected chi connectivity index (χ2v) is 2.75. The fraction of sp³-hybridized carbons (Fsp3) is 0.333.